The van der Waals surface area contributed by atoms with Crippen LogP contribution in [0.5, 0.6) is 0 Å². The number of aromatic nitrogens is 1. The first-order valence-corrected chi connectivity index (χ1v) is 10.2. The molecule has 1 aliphatic carbocycles. The second kappa shape index (κ2) is 8.27. The van der Waals surface area contributed by atoms with Gasteiger partial charge in [-0.25, -0.2) is 9.98 Å². The molecular formula is C19H26ClN5S. The third-order valence-corrected chi connectivity index (χ3v) is 5.84. The highest BCUT2D eigenvalue weighted by molar-refractivity contribution is 7.13. The first-order valence-electron chi connectivity index (χ1n) is 8.92. The summed E-state index contributed by atoms with van der Waals surface area (Å²) in [6.45, 7) is 4.34. The number of hydrogen-bond donors (Lipinski definition) is 2. The van der Waals surface area contributed by atoms with Gasteiger partial charge in [-0.1, -0.05) is 23.7 Å². The van der Waals surface area contributed by atoms with E-state index in [9.17, 15) is 0 Å². The largest absolute Gasteiger partial charge is 0.357 e. The van der Waals surface area contributed by atoms with Crippen molar-refractivity contribution in [3.8, 4) is 0 Å². The smallest absolute Gasteiger partial charge is 0.191 e. The summed E-state index contributed by atoms with van der Waals surface area (Å²) in [6.07, 6.45) is 2.36. The Balaban J connectivity index is 1.63. The molecule has 26 heavy (non-hydrogen) atoms. The van der Waals surface area contributed by atoms with Gasteiger partial charge in [0, 0.05) is 43.0 Å². The molecule has 0 spiro atoms. The van der Waals surface area contributed by atoms with Crippen molar-refractivity contribution in [3.63, 3.8) is 0 Å². The van der Waals surface area contributed by atoms with Crippen molar-refractivity contribution in [1.82, 2.24) is 15.6 Å². The van der Waals surface area contributed by atoms with Gasteiger partial charge in [0.15, 0.2) is 11.1 Å². The Labute approximate surface area is 164 Å². The van der Waals surface area contributed by atoms with Crippen LogP contribution >= 0.6 is 22.9 Å². The van der Waals surface area contributed by atoms with Gasteiger partial charge in [-0.15, -0.1) is 11.3 Å². The lowest BCUT2D eigenvalue weighted by Crippen LogP contribution is -2.41. The Bertz CT molecular complexity index is 767. The van der Waals surface area contributed by atoms with E-state index in [0.29, 0.717) is 6.54 Å². The normalized spacial score (nSPS) is 15.6. The molecule has 0 aliphatic heterocycles. The van der Waals surface area contributed by atoms with Crippen LogP contribution in [0.25, 0.3) is 0 Å². The fourth-order valence-corrected chi connectivity index (χ4v) is 3.81. The van der Waals surface area contributed by atoms with Gasteiger partial charge < -0.3 is 15.5 Å². The minimum Gasteiger partial charge on any atom is -0.357 e. The van der Waals surface area contributed by atoms with E-state index in [1.165, 1.54) is 18.4 Å². The summed E-state index contributed by atoms with van der Waals surface area (Å²) in [5.74, 6) is 0.834. The molecule has 0 atom stereocenters. The van der Waals surface area contributed by atoms with Crippen molar-refractivity contribution in [3.05, 3.63) is 45.9 Å². The van der Waals surface area contributed by atoms with Gasteiger partial charge in [-0.05, 0) is 37.5 Å². The van der Waals surface area contributed by atoms with Crippen LogP contribution in [0.1, 0.15) is 31.0 Å². The molecule has 0 radical (unpaired) electrons. The van der Waals surface area contributed by atoms with Crippen molar-refractivity contribution >= 4 is 34.0 Å². The van der Waals surface area contributed by atoms with E-state index in [0.717, 1.165) is 34.9 Å². The maximum atomic E-state index is 6.17. The molecule has 0 saturated heterocycles. The molecule has 1 fully saturated rings. The number of halogens is 1. The average Bonchev–Trinajstić information content (AvgIpc) is 3.26. The maximum Gasteiger partial charge on any atom is 0.191 e. The Morgan fingerprint density at radius 2 is 2.15 bits per heavy atom. The van der Waals surface area contributed by atoms with Crippen molar-refractivity contribution in [1.29, 1.82) is 0 Å². The quantitative estimate of drug-likeness (QED) is 0.558. The molecule has 3 rings (SSSR count). The standard InChI is InChI=1S/C19H26ClN5S/c1-4-21-17(22-11-16-12-26-18(24-16)25(2)3)23-13-19(8-9-19)14-6-5-7-15(20)10-14/h5-7,10,12H,4,8-9,11,13H2,1-3H3,(H2,21,22,23). The Kier molecular flexibility index (Phi) is 6.04. The molecule has 7 heteroatoms. The van der Waals surface area contributed by atoms with E-state index in [2.05, 4.69) is 40.1 Å². The van der Waals surface area contributed by atoms with Gasteiger partial charge in [0.2, 0.25) is 0 Å². The summed E-state index contributed by atoms with van der Waals surface area (Å²) in [4.78, 5) is 11.3. The summed E-state index contributed by atoms with van der Waals surface area (Å²) < 4.78 is 0. The molecule has 1 saturated carbocycles. The van der Waals surface area contributed by atoms with Crippen LogP contribution < -0.4 is 15.5 Å². The zero-order valence-electron chi connectivity index (χ0n) is 15.6. The van der Waals surface area contributed by atoms with E-state index < -0.39 is 0 Å². The Morgan fingerprint density at radius 3 is 2.77 bits per heavy atom. The van der Waals surface area contributed by atoms with Gasteiger partial charge in [0.25, 0.3) is 0 Å². The van der Waals surface area contributed by atoms with Crippen LogP contribution in [0.4, 0.5) is 5.13 Å². The number of aliphatic imine (C=N–C) groups is 1. The fourth-order valence-electron chi connectivity index (χ4n) is 2.87. The summed E-state index contributed by atoms with van der Waals surface area (Å²) in [6, 6.07) is 8.21. The number of nitrogens with zero attached hydrogens (tertiary/aromatic N) is 3. The van der Waals surface area contributed by atoms with E-state index >= 15 is 0 Å². The highest BCUT2D eigenvalue weighted by atomic mass is 35.5. The number of thiazole rings is 1. The third kappa shape index (κ3) is 4.68. The van der Waals surface area contributed by atoms with Gasteiger partial charge in [-0.2, -0.15) is 0 Å². The highest BCUT2D eigenvalue weighted by Gasteiger charge is 2.44. The topological polar surface area (TPSA) is 52.6 Å². The number of rotatable bonds is 7. The van der Waals surface area contributed by atoms with E-state index in [1.807, 2.05) is 31.1 Å². The van der Waals surface area contributed by atoms with Crippen LogP contribution in [0.2, 0.25) is 5.02 Å². The number of benzene rings is 1. The first-order chi connectivity index (χ1) is 12.5. The van der Waals surface area contributed by atoms with Crippen molar-refractivity contribution < 1.29 is 0 Å². The Hall–Kier alpha value is -1.79. The van der Waals surface area contributed by atoms with Gasteiger partial charge in [-0.3, -0.25) is 0 Å². The van der Waals surface area contributed by atoms with Crippen LogP contribution in [0, 0.1) is 0 Å². The molecule has 2 N–H and O–H groups in total. The minimum atomic E-state index is 0.180. The van der Waals surface area contributed by atoms with Crippen LogP contribution in [-0.4, -0.2) is 38.1 Å². The molecular weight excluding hydrogens is 366 g/mol. The summed E-state index contributed by atoms with van der Waals surface area (Å²) in [5, 5.41) is 10.7. The molecule has 2 aromatic rings. The SMILES string of the molecule is CCNC(=NCc1csc(N(C)C)n1)NCC1(c2cccc(Cl)c2)CC1. The van der Waals surface area contributed by atoms with Gasteiger partial charge in [0.1, 0.15) is 0 Å². The predicted octanol–water partition coefficient (Wildman–Crippen LogP) is 3.65. The monoisotopic (exact) mass is 391 g/mol. The number of anilines is 1. The highest BCUT2D eigenvalue weighted by Crippen LogP contribution is 2.48. The summed E-state index contributed by atoms with van der Waals surface area (Å²) in [7, 11) is 4.00. The third-order valence-electron chi connectivity index (χ3n) is 4.55. The molecule has 1 aliphatic rings. The van der Waals surface area contributed by atoms with Crippen molar-refractivity contribution in [2.24, 2.45) is 4.99 Å². The average molecular weight is 392 g/mol. The zero-order valence-corrected chi connectivity index (χ0v) is 17.1. The second-order valence-electron chi connectivity index (χ2n) is 6.86. The van der Waals surface area contributed by atoms with Crippen LogP contribution in [0.15, 0.2) is 34.6 Å². The van der Waals surface area contributed by atoms with E-state index in [4.69, 9.17) is 16.6 Å². The van der Waals surface area contributed by atoms with Crippen LogP contribution in [0.3, 0.4) is 0 Å². The lowest BCUT2D eigenvalue weighted by atomic mass is 9.96. The molecule has 0 bridgehead atoms. The van der Waals surface area contributed by atoms with E-state index in [-0.39, 0.29) is 5.41 Å². The minimum absolute atomic E-state index is 0.180. The van der Waals surface area contributed by atoms with Crippen molar-refractivity contribution in [2.75, 3.05) is 32.1 Å². The number of guanidine groups is 1. The number of hydrogen-bond acceptors (Lipinski definition) is 4. The van der Waals surface area contributed by atoms with Crippen molar-refractivity contribution in [2.45, 2.75) is 31.7 Å². The molecule has 1 aromatic carbocycles. The maximum absolute atomic E-state index is 6.17. The molecule has 140 valence electrons. The van der Waals surface area contributed by atoms with Crippen LogP contribution in [-0.2, 0) is 12.0 Å². The lowest BCUT2D eigenvalue weighted by Gasteiger charge is -2.19. The zero-order chi connectivity index (χ0) is 18.6. The number of nitrogens with one attached hydrogen (secondary N) is 2. The fraction of sp³-hybridized carbons (Fsp3) is 0.474. The van der Waals surface area contributed by atoms with Gasteiger partial charge in [0.05, 0.1) is 12.2 Å². The molecule has 0 unspecified atom stereocenters. The molecule has 1 heterocycles. The van der Waals surface area contributed by atoms with Gasteiger partial charge >= 0.3 is 0 Å². The van der Waals surface area contributed by atoms with E-state index in [1.54, 1.807) is 11.3 Å². The molecule has 0 amide bonds. The molecule has 5 nitrogen and oxygen atoms in total. The lowest BCUT2D eigenvalue weighted by molar-refractivity contribution is 0.646. The first kappa shape index (κ1) is 19.0. The summed E-state index contributed by atoms with van der Waals surface area (Å²) in [5.41, 5.74) is 2.48. The Morgan fingerprint density at radius 1 is 1.35 bits per heavy atom. The molecule has 1 aromatic heterocycles. The summed E-state index contributed by atoms with van der Waals surface area (Å²) >= 11 is 7.81. The predicted molar refractivity (Wildman–Crippen MR) is 112 cm³/mol. The second-order valence-corrected chi connectivity index (χ2v) is 8.13.